The summed E-state index contributed by atoms with van der Waals surface area (Å²) in [5.74, 6) is 2.02. The fourth-order valence-corrected chi connectivity index (χ4v) is 1.79. The van der Waals surface area contributed by atoms with Crippen LogP contribution in [0.1, 0.15) is 0 Å². The minimum atomic E-state index is 0.141. The molecule has 7 heteroatoms. The van der Waals surface area contributed by atoms with Crippen LogP contribution in [-0.4, -0.2) is 24.2 Å². The van der Waals surface area contributed by atoms with Gasteiger partial charge in [-0.05, 0) is 15.9 Å². The van der Waals surface area contributed by atoms with E-state index in [4.69, 9.17) is 19.9 Å². The van der Waals surface area contributed by atoms with Gasteiger partial charge in [0.15, 0.2) is 0 Å². The number of ether oxygens (including phenoxy) is 3. The number of aromatic nitrogens is 2. The van der Waals surface area contributed by atoms with Gasteiger partial charge in [-0.25, -0.2) is 0 Å². The van der Waals surface area contributed by atoms with Crippen LogP contribution in [0, 0.1) is 0 Å². The van der Waals surface area contributed by atoms with Gasteiger partial charge in [0.1, 0.15) is 27.7 Å². The summed E-state index contributed by atoms with van der Waals surface area (Å²) < 4.78 is 16.4. The molecule has 2 N–H and O–H groups in total. The number of hydrogen-bond donors (Lipinski definition) is 1. The summed E-state index contributed by atoms with van der Waals surface area (Å²) in [6.07, 6.45) is 0. The fourth-order valence-electron chi connectivity index (χ4n) is 1.40. The second-order valence-electron chi connectivity index (χ2n) is 3.55. The van der Waals surface area contributed by atoms with E-state index in [1.54, 1.807) is 38.5 Å². The molecule has 100 valence electrons. The normalized spacial score (nSPS) is 10.1. The first kappa shape index (κ1) is 13.4. The Labute approximate surface area is 118 Å². The molecule has 1 aromatic heterocycles. The Bertz CT molecular complexity index is 550. The molecular weight excluding hydrogens is 314 g/mol. The molecule has 0 aliphatic heterocycles. The van der Waals surface area contributed by atoms with Crippen molar-refractivity contribution in [2.45, 2.75) is 0 Å². The molecule has 1 heterocycles. The third-order valence-electron chi connectivity index (χ3n) is 2.23. The second-order valence-corrected chi connectivity index (χ2v) is 4.36. The van der Waals surface area contributed by atoms with E-state index < -0.39 is 0 Å². The van der Waals surface area contributed by atoms with Gasteiger partial charge in [-0.2, -0.15) is 9.97 Å². The number of nitrogens with two attached hydrogens (primary N) is 1. The quantitative estimate of drug-likeness (QED) is 0.870. The van der Waals surface area contributed by atoms with E-state index in [0.717, 1.165) is 0 Å². The maximum atomic E-state index is 5.61. The maximum Gasteiger partial charge on any atom is 0.325 e. The number of rotatable bonds is 4. The average molecular weight is 326 g/mol. The molecule has 2 aromatic rings. The van der Waals surface area contributed by atoms with Gasteiger partial charge in [-0.3, -0.25) is 0 Å². The SMILES string of the molecule is COc1cc(OC)cc(Oc2nc(N)cc(Br)n2)c1. The Morgan fingerprint density at radius 2 is 1.53 bits per heavy atom. The monoisotopic (exact) mass is 325 g/mol. The summed E-state index contributed by atoms with van der Waals surface area (Å²) in [5.41, 5.74) is 5.61. The molecule has 0 fully saturated rings. The van der Waals surface area contributed by atoms with E-state index in [1.165, 1.54) is 0 Å². The van der Waals surface area contributed by atoms with Gasteiger partial charge in [-0.1, -0.05) is 0 Å². The molecule has 0 radical (unpaired) electrons. The largest absolute Gasteiger partial charge is 0.496 e. The van der Waals surface area contributed by atoms with Crippen molar-refractivity contribution in [3.05, 3.63) is 28.9 Å². The highest BCUT2D eigenvalue weighted by Gasteiger charge is 2.07. The van der Waals surface area contributed by atoms with Crippen LogP contribution in [0.4, 0.5) is 5.82 Å². The first-order valence-corrected chi connectivity index (χ1v) is 6.11. The topological polar surface area (TPSA) is 79.5 Å². The van der Waals surface area contributed by atoms with Crippen molar-refractivity contribution in [2.24, 2.45) is 0 Å². The number of nitrogen functional groups attached to an aromatic ring is 1. The molecule has 1 aromatic carbocycles. The zero-order chi connectivity index (χ0) is 13.8. The predicted molar refractivity (Wildman–Crippen MR) is 73.8 cm³/mol. The van der Waals surface area contributed by atoms with E-state index in [2.05, 4.69) is 25.9 Å². The van der Waals surface area contributed by atoms with Gasteiger partial charge < -0.3 is 19.9 Å². The van der Waals surface area contributed by atoms with Gasteiger partial charge >= 0.3 is 6.01 Å². The Morgan fingerprint density at radius 1 is 0.947 bits per heavy atom. The smallest absolute Gasteiger partial charge is 0.325 e. The molecule has 0 atom stereocenters. The van der Waals surface area contributed by atoms with Gasteiger partial charge in [0.2, 0.25) is 0 Å². The Kier molecular flexibility index (Phi) is 4.06. The van der Waals surface area contributed by atoms with Crippen molar-refractivity contribution in [1.82, 2.24) is 9.97 Å². The Morgan fingerprint density at radius 3 is 2.05 bits per heavy atom. The Balaban J connectivity index is 2.31. The summed E-state index contributed by atoms with van der Waals surface area (Å²) in [6.45, 7) is 0. The molecule has 0 amide bonds. The third kappa shape index (κ3) is 3.47. The van der Waals surface area contributed by atoms with Crippen LogP contribution < -0.4 is 19.9 Å². The van der Waals surface area contributed by atoms with E-state index in [-0.39, 0.29) is 6.01 Å². The summed E-state index contributed by atoms with van der Waals surface area (Å²) in [6, 6.07) is 6.86. The predicted octanol–water partition coefficient (Wildman–Crippen LogP) is 2.63. The molecule has 0 bridgehead atoms. The molecule has 0 saturated heterocycles. The van der Waals surface area contributed by atoms with Crippen LogP contribution in [0.3, 0.4) is 0 Å². The number of halogens is 1. The van der Waals surface area contributed by atoms with Crippen LogP contribution in [0.15, 0.2) is 28.9 Å². The number of nitrogens with zero attached hydrogens (tertiary/aromatic N) is 2. The minimum Gasteiger partial charge on any atom is -0.496 e. The zero-order valence-corrected chi connectivity index (χ0v) is 12.0. The lowest BCUT2D eigenvalue weighted by Crippen LogP contribution is -1.97. The van der Waals surface area contributed by atoms with Crippen molar-refractivity contribution in [2.75, 3.05) is 20.0 Å². The highest BCUT2D eigenvalue weighted by Crippen LogP contribution is 2.30. The molecule has 0 aliphatic carbocycles. The van der Waals surface area contributed by atoms with Gasteiger partial charge in [0.25, 0.3) is 0 Å². The van der Waals surface area contributed by atoms with Crippen molar-refractivity contribution in [3.8, 4) is 23.3 Å². The van der Waals surface area contributed by atoms with Crippen molar-refractivity contribution < 1.29 is 14.2 Å². The number of benzene rings is 1. The van der Waals surface area contributed by atoms with Gasteiger partial charge in [0, 0.05) is 24.3 Å². The summed E-state index contributed by atoms with van der Waals surface area (Å²) >= 11 is 3.22. The lowest BCUT2D eigenvalue weighted by atomic mass is 10.3. The van der Waals surface area contributed by atoms with Crippen LogP contribution in [0.2, 0.25) is 0 Å². The summed E-state index contributed by atoms with van der Waals surface area (Å²) in [5, 5.41) is 0. The summed E-state index contributed by atoms with van der Waals surface area (Å²) in [4.78, 5) is 8.04. The molecule has 19 heavy (non-hydrogen) atoms. The molecule has 2 rings (SSSR count). The van der Waals surface area contributed by atoms with Gasteiger partial charge in [-0.15, -0.1) is 0 Å². The van der Waals surface area contributed by atoms with Crippen LogP contribution in [0.5, 0.6) is 23.3 Å². The molecule has 0 spiro atoms. The minimum absolute atomic E-state index is 0.141. The molecule has 0 unspecified atom stereocenters. The molecular formula is C12H12BrN3O3. The van der Waals surface area contributed by atoms with Crippen molar-refractivity contribution in [3.63, 3.8) is 0 Å². The number of hydrogen-bond acceptors (Lipinski definition) is 6. The van der Waals surface area contributed by atoms with Gasteiger partial charge in [0.05, 0.1) is 14.2 Å². The van der Waals surface area contributed by atoms with Crippen molar-refractivity contribution >= 4 is 21.7 Å². The fraction of sp³-hybridized carbons (Fsp3) is 0.167. The van der Waals surface area contributed by atoms with Crippen molar-refractivity contribution in [1.29, 1.82) is 0 Å². The first-order valence-electron chi connectivity index (χ1n) is 5.31. The molecule has 0 saturated carbocycles. The first-order chi connectivity index (χ1) is 9.10. The zero-order valence-electron chi connectivity index (χ0n) is 10.4. The van der Waals surface area contributed by atoms with Crippen LogP contribution >= 0.6 is 15.9 Å². The number of anilines is 1. The second kappa shape index (κ2) is 5.75. The standard InChI is InChI=1S/C12H12BrN3O3/c1-17-7-3-8(18-2)5-9(4-7)19-12-15-10(13)6-11(14)16-12/h3-6H,1-2H3,(H2,14,15,16). The number of methoxy groups -OCH3 is 2. The molecule has 6 nitrogen and oxygen atoms in total. The Hall–Kier alpha value is -2.02. The highest BCUT2D eigenvalue weighted by molar-refractivity contribution is 9.10. The third-order valence-corrected chi connectivity index (χ3v) is 2.63. The highest BCUT2D eigenvalue weighted by atomic mass is 79.9. The van der Waals surface area contributed by atoms with E-state index in [9.17, 15) is 0 Å². The average Bonchev–Trinajstić information content (AvgIpc) is 2.37. The summed E-state index contributed by atoms with van der Waals surface area (Å²) in [7, 11) is 3.12. The maximum absolute atomic E-state index is 5.61. The van der Waals surface area contributed by atoms with Crippen LogP contribution in [0.25, 0.3) is 0 Å². The lowest BCUT2D eigenvalue weighted by molar-refractivity contribution is 0.382. The van der Waals surface area contributed by atoms with E-state index in [1.807, 2.05) is 0 Å². The van der Waals surface area contributed by atoms with E-state index in [0.29, 0.717) is 27.7 Å². The van der Waals surface area contributed by atoms with Crippen LogP contribution in [-0.2, 0) is 0 Å². The lowest BCUT2D eigenvalue weighted by Gasteiger charge is -2.09. The van der Waals surface area contributed by atoms with E-state index >= 15 is 0 Å². The molecule has 0 aliphatic rings.